The molecule has 1 saturated heterocycles. The van der Waals surface area contributed by atoms with Gasteiger partial charge in [0.1, 0.15) is 5.75 Å². The van der Waals surface area contributed by atoms with Gasteiger partial charge in [0.2, 0.25) is 5.91 Å². The summed E-state index contributed by atoms with van der Waals surface area (Å²) in [7, 11) is -1.62. The first-order valence-electron chi connectivity index (χ1n) is 6.94. The molecule has 1 aliphatic rings. The summed E-state index contributed by atoms with van der Waals surface area (Å²) in [5.74, 6) is -0.786. The van der Waals surface area contributed by atoms with Gasteiger partial charge in [-0.1, -0.05) is 11.6 Å². The first kappa shape index (κ1) is 17.6. The fraction of sp³-hybridized carbons (Fsp3) is 0.429. The van der Waals surface area contributed by atoms with Crippen molar-refractivity contribution in [1.29, 1.82) is 0 Å². The lowest BCUT2D eigenvalue weighted by Gasteiger charge is -2.12. The molecule has 1 fully saturated rings. The maximum absolute atomic E-state index is 12.0. The topological polar surface area (TPSA) is 102 Å². The Morgan fingerprint density at radius 1 is 1.35 bits per heavy atom. The Kier molecular flexibility index (Phi) is 5.48. The molecule has 1 unspecified atom stereocenters. The van der Waals surface area contributed by atoms with Gasteiger partial charge in [-0.05, 0) is 30.5 Å². The summed E-state index contributed by atoms with van der Waals surface area (Å²) in [4.78, 5) is 23.8. The number of carbonyl (C=O) groups excluding carboxylic acids is 2. The summed E-state index contributed by atoms with van der Waals surface area (Å²) in [6, 6.07) is 4.50. The van der Waals surface area contributed by atoms with Crippen LogP contribution in [0.3, 0.4) is 0 Å². The lowest BCUT2D eigenvalue weighted by molar-refractivity contribution is -0.122. The minimum Gasteiger partial charge on any atom is -0.496 e. The molecule has 0 bridgehead atoms. The molecule has 7 nitrogen and oxygen atoms in total. The summed E-state index contributed by atoms with van der Waals surface area (Å²) in [6.45, 7) is 0. The molecular weight excluding hydrogens is 344 g/mol. The van der Waals surface area contributed by atoms with Gasteiger partial charge < -0.3 is 4.74 Å². The van der Waals surface area contributed by atoms with Gasteiger partial charge in [0.25, 0.3) is 5.91 Å². The zero-order valence-corrected chi connectivity index (χ0v) is 14.0. The lowest BCUT2D eigenvalue weighted by Crippen LogP contribution is -2.42. The van der Waals surface area contributed by atoms with Crippen LogP contribution >= 0.6 is 11.6 Å². The predicted molar refractivity (Wildman–Crippen MR) is 85.0 cm³/mol. The second kappa shape index (κ2) is 7.18. The molecule has 0 radical (unpaired) electrons. The number of hydrogen-bond acceptors (Lipinski definition) is 5. The number of halogens is 1. The second-order valence-electron chi connectivity index (χ2n) is 5.32. The van der Waals surface area contributed by atoms with Crippen LogP contribution in [0.5, 0.6) is 5.75 Å². The highest BCUT2D eigenvalue weighted by Gasteiger charge is 2.29. The smallest absolute Gasteiger partial charge is 0.273 e. The fourth-order valence-corrected chi connectivity index (χ4v) is 4.42. The van der Waals surface area contributed by atoms with E-state index in [1.807, 2.05) is 0 Å². The standard InChI is InChI=1S/C14H17ClN2O5S/c1-22-12-7-10(15)2-3-11(12)14(19)17-16-13(18)6-9-4-5-23(20,21)8-9/h2-3,7,9H,4-6,8H2,1H3,(H,16,18)(H,17,19). The monoisotopic (exact) mass is 360 g/mol. The van der Waals surface area contributed by atoms with E-state index in [1.165, 1.54) is 25.3 Å². The van der Waals surface area contributed by atoms with Gasteiger partial charge in [0.05, 0.1) is 24.2 Å². The first-order valence-corrected chi connectivity index (χ1v) is 9.14. The second-order valence-corrected chi connectivity index (χ2v) is 7.99. The highest BCUT2D eigenvalue weighted by Crippen LogP contribution is 2.23. The van der Waals surface area contributed by atoms with Gasteiger partial charge in [-0.3, -0.25) is 20.4 Å². The van der Waals surface area contributed by atoms with E-state index >= 15 is 0 Å². The zero-order chi connectivity index (χ0) is 17.0. The summed E-state index contributed by atoms with van der Waals surface area (Å²) < 4.78 is 27.8. The van der Waals surface area contributed by atoms with Crippen molar-refractivity contribution in [1.82, 2.24) is 10.9 Å². The fourth-order valence-electron chi connectivity index (χ4n) is 2.39. The largest absolute Gasteiger partial charge is 0.496 e. The van der Waals surface area contributed by atoms with Gasteiger partial charge in [0.15, 0.2) is 9.84 Å². The summed E-state index contributed by atoms with van der Waals surface area (Å²) in [6.07, 6.45) is 0.520. The van der Waals surface area contributed by atoms with Crippen molar-refractivity contribution in [3.8, 4) is 5.75 Å². The van der Waals surface area contributed by atoms with Gasteiger partial charge in [0, 0.05) is 11.4 Å². The Hall–Kier alpha value is -1.80. The van der Waals surface area contributed by atoms with Gasteiger partial charge in [-0.2, -0.15) is 0 Å². The predicted octanol–water partition coefficient (Wildman–Crippen LogP) is 0.934. The minimum atomic E-state index is -3.02. The van der Waals surface area contributed by atoms with Crippen molar-refractivity contribution in [2.45, 2.75) is 12.8 Å². The number of rotatable bonds is 4. The molecule has 1 aliphatic heterocycles. The van der Waals surface area contributed by atoms with Crippen LogP contribution in [0, 0.1) is 5.92 Å². The molecule has 2 rings (SSSR count). The van der Waals surface area contributed by atoms with Crippen LogP contribution in [0.2, 0.25) is 5.02 Å². The van der Waals surface area contributed by atoms with Crippen LogP contribution in [-0.4, -0.2) is 38.8 Å². The Morgan fingerprint density at radius 2 is 2.09 bits per heavy atom. The molecule has 1 aromatic carbocycles. The average Bonchev–Trinajstić information content (AvgIpc) is 2.83. The van der Waals surface area contributed by atoms with Crippen LogP contribution in [0.4, 0.5) is 0 Å². The molecule has 1 aromatic rings. The van der Waals surface area contributed by atoms with Gasteiger partial charge in [-0.15, -0.1) is 0 Å². The maximum Gasteiger partial charge on any atom is 0.273 e. The number of nitrogens with one attached hydrogen (secondary N) is 2. The molecule has 0 spiro atoms. The molecule has 9 heteroatoms. The van der Waals surface area contributed by atoms with Crippen molar-refractivity contribution in [3.05, 3.63) is 28.8 Å². The average molecular weight is 361 g/mol. The Bertz CT molecular complexity index is 720. The number of hydrazine groups is 1. The highest BCUT2D eigenvalue weighted by molar-refractivity contribution is 7.91. The molecule has 126 valence electrons. The maximum atomic E-state index is 12.0. The number of benzene rings is 1. The number of hydrogen-bond donors (Lipinski definition) is 2. The van der Waals surface area contributed by atoms with E-state index < -0.39 is 21.7 Å². The summed E-state index contributed by atoms with van der Waals surface area (Å²) in [5, 5.41) is 0.421. The van der Waals surface area contributed by atoms with E-state index in [2.05, 4.69) is 10.9 Å². The molecule has 2 amide bonds. The van der Waals surface area contributed by atoms with E-state index in [0.717, 1.165) is 0 Å². The molecule has 1 heterocycles. The normalized spacial score (nSPS) is 19.1. The number of carbonyl (C=O) groups is 2. The van der Waals surface area contributed by atoms with Crippen molar-refractivity contribution in [2.24, 2.45) is 5.92 Å². The Balaban J connectivity index is 1.88. The number of ether oxygens (including phenoxy) is 1. The summed E-state index contributed by atoms with van der Waals surface area (Å²) in [5.41, 5.74) is 4.78. The van der Waals surface area contributed by atoms with Crippen LogP contribution in [0.25, 0.3) is 0 Å². The minimum absolute atomic E-state index is 0.0133. The molecule has 1 atom stereocenters. The third kappa shape index (κ3) is 4.84. The third-order valence-corrected chi connectivity index (χ3v) is 5.60. The van der Waals surface area contributed by atoms with E-state index in [-0.39, 0.29) is 35.2 Å². The quantitative estimate of drug-likeness (QED) is 0.778. The molecule has 23 heavy (non-hydrogen) atoms. The van der Waals surface area contributed by atoms with E-state index in [4.69, 9.17) is 16.3 Å². The summed E-state index contributed by atoms with van der Waals surface area (Å²) >= 11 is 5.82. The SMILES string of the molecule is COc1cc(Cl)ccc1C(=O)NNC(=O)CC1CCS(=O)(=O)C1. The third-order valence-electron chi connectivity index (χ3n) is 3.52. The number of amides is 2. The van der Waals surface area contributed by atoms with Crippen LogP contribution in [-0.2, 0) is 14.6 Å². The van der Waals surface area contributed by atoms with Gasteiger partial charge in [-0.25, -0.2) is 8.42 Å². The molecule has 0 aromatic heterocycles. The van der Waals surface area contributed by atoms with E-state index in [0.29, 0.717) is 11.4 Å². The molecule has 0 saturated carbocycles. The number of methoxy groups -OCH3 is 1. The zero-order valence-electron chi connectivity index (χ0n) is 12.5. The molecule has 0 aliphatic carbocycles. The molecular formula is C14H17ClN2O5S. The first-order chi connectivity index (χ1) is 10.8. The molecule has 2 N–H and O–H groups in total. The van der Waals surface area contributed by atoms with Crippen molar-refractivity contribution in [2.75, 3.05) is 18.6 Å². The van der Waals surface area contributed by atoms with E-state index in [9.17, 15) is 18.0 Å². The van der Waals surface area contributed by atoms with Crippen LogP contribution in [0.1, 0.15) is 23.2 Å². The van der Waals surface area contributed by atoms with Crippen molar-refractivity contribution in [3.63, 3.8) is 0 Å². The Labute approximate surface area is 139 Å². The van der Waals surface area contributed by atoms with E-state index in [1.54, 1.807) is 0 Å². The van der Waals surface area contributed by atoms with Gasteiger partial charge >= 0.3 is 0 Å². The Morgan fingerprint density at radius 3 is 2.70 bits per heavy atom. The van der Waals surface area contributed by atoms with Crippen LogP contribution in [0.15, 0.2) is 18.2 Å². The van der Waals surface area contributed by atoms with Crippen LogP contribution < -0.4 is 15.6 Å². The van der Waals surface area contributed by atoms with Crippen molar-refractivity contribution < 1.29 is 22.7 Å². The number of sulfone groups is 1. The lowest BCUT2D eigenvalue weighted by atomic mass is 10.1. The van der Waals surface area contributed by atoms with Crippen molar-refractivity contribution >= 4 is 33.3 Å². The highest BCUT2D eigenvalue weighted by atomic mass is 35.5.